The average Bonchev–Trinajstić information content (AvgIpc) is 3.25. The van der Waals surface area contributed by atoms with Crippen molar-refractivity contribution >= 4 is 15.8 Å². The highest BCUT2D eigenvalue weighted by molar-refractivity contribution is 7.91. The van der Waals surface area contributed by atoms with Crippen LogP contribution in [-0.4, -0.2) is 57.0 Å². The van der Waals surface area contributed by atoms with Crippen LogP contribution in [0, 0.1) is 23.7 Å². The third kappa shape index (κ3) is 5.18. The molecule has 2 aliphatic carbocycles. The first-order valence-corrected chi connectivity index (χ1v) is 13.1. The smallest absolute Gasteiger partial charge is 0.193 e. The summed E-state index contributed by atoms with van der Waals surface area (Å²) in [5, 5.41) is 3.71. The van der Waals surface area contributed by atoms with E-state index in [0.717, 1.165) is 49.8 Å². The highest BCUT2D eigenvalue weighted by Crippen LogP contribution is 2.36. The van der Waals surface area contributed by atoms with Crippen molar-refractivity contribution in [1.82, 2.24) is 10.2 Å². The van der Waals surface area contributed by atoms with E-state index in [-0.39, 0.29) is 5.92 Å². The molecule has 4 rings (SSSR count). The minimum atomic E-state index is -2.81. The van der Waals surface area contributed by atoms with Gasteiger partial charge in [-0.05, 0) is 55.8 Å². The summed E-state index contributed by atoms with van der Waals surface area (Å²) in [5.74, 6) is 4.43. The van der Waals surface area contributed by atoms with Gasteiger partial charge >= 0.3 is 0 Å². The summed E-state index contributed by atoms with van der Waals surface area (Å²) in [7, 11) is -2.81. The lowest BCUT2D eigenvalue weighted by atomic mass is 9.82. The van der Waals surface area contributed by atoms with Gasteiger partial charge in [0, 0.05) is 26.2 Å². The Morgan fingerprint density at radius 2 is 1.56 bits per heavy atom. The van der Waals surface area contributed by atoms with E-state index < -0.39 is 9.84 Å². The lowest BCUT2D eigenvalue weighted by Gasteiger charge is -2.27. The van der Waals surface area contributed by atoms with Crippen LogP contribution in [0.25, 0.3) is 0 Å². The van der Waals surface area contributed by atoms with Crippen LogP contribution in [0.4, 0.5) is 0 Å². The maximum atomic E-state index is 11.8. The van der Waals surface area contributed by atoms with E-state index in [0.29, 0.717) is 18.1 Å². The van der Waals surface area contributed by atoms with Gasteiger partial charge in [-0.3, -0.25) is 4.99 Å². The molecule has 4 aliphatic rings. The third-order valence-electron chi connectivity index (χ3n) is 7.38. The number of nitrogens with one attached hydrogen (secondary N) is 1. The van der Waals surface area contributed by atoms with Gasteiger partial charge in [0.2, 0.25) is 0 Å². The molecule has 2 saturated heterocycles. The Morgan fingerprint density at radius 1 is 0.889 bits per heavy atom. The Morgan fingerprint density at radius 3 is 2.19 bits per heavy atom. The molecule has 0 aromatic carbocycles. The van der Waals surface area contributed by atoms with E-state index in [1.807, 2.05) is 0 Å². The molecular formula is C21H37N3O2S. The van der Waals surface area contributed by atoms with E-state index in [9.17, 15) is 8.42 Å². The van der Waals surface area contributed by atoms with Crippen molar-refractivity contribution in [2.45, 2.75) is 64.2 Å². The van der Waals surface area contributed by atoms with Gasteiger partial charge in [-0.2, -0.15) is 0 Å². The fourth-order valence-corrected chi connectivity index (χ4v) is 7.55. The number of rotatable bonds is 4. The van der Waals surface area contributed by atoms with Gasteiger partial charge in [-0.25, -0.2) is 8.42 Å². The monoisotopic (exact) mass is 395 g/mol. The highest BCUT2D eigenvalue weighted by atomic mass is 32.2. The number of hydrogen-bond donors (Lipinski definition) is 1. The van der Waals surface area contributed by atoms with Crippen molar-refractivity contribution in [3.05, 3.63) is 0 Å². The number of guanidine groups is 1. The maximum absolute atomic E-state index is 11.8. The van der Waals surface area contributed by atoms with E-state index in [1.165, 1.54) is 57.8 Å². The Bertz CT molecular complexity index is 613. The standard InChI is InChI=1S/C21H37N3O2S/c25-27(26)11-10-18(16-27)13-23-21(22-12-17-6-2-1-3-7-17)24-14-19-8-4-5-9-20(19)15-24/h17-20H,1-16H2,(H,22,23). The minimum Gasteiger partial charge on any atom is -0.356 e. The second-order valence-electron chi connectivity index (χ2n) is 9.53. The Kier molecular flexibility index (Phi) is 6.30. The van der Waals surface area contributed by atoms with E-state index in [1.54, 1.807) is 0 Å². The van der Waals surface area contributed by atoms with Crippen LogP contribution in [-0.2, 0) is 9.84 Å². The van der Waals surface area contributed by atoms with Crippen molar-refractivity contribution in [2.24, 2.45) is 28.7 Å². The molecule has 0 bridgehead atoms. The van der Waals surface area contributed by atoms with E-state index in [2.05, 4.69) is 10.2 Å². The summed E-state index contributed by atoms with van der Waals surface area (Å²) in [6.07, 6.45) is 13.1. The maximum Gasteiger partial charge on any atom is 0.193 e. The van der Waals surface area contributed by atoms with Crippen LogP contribution in [0.15, 0.2) is 4.99 Å². The lowest BCUT2D eigenvalue weighted by molar-refractivity contribution is 0.299. The number of aliphatic imine (C=N–C) groups is 1. The zero-order valence-electron chi connectivity index (χ0n) is 16.7. The molecule has 4 fully saturated rings. The second kappa shape index (κ2) is 8.71. The van der Waals surface area contributed by atoms with Crippen molar-refractivity contribution in [2.75, 3.05) is 37.7 Å². The summed E-state index contributed by atoms with van der Waals surface area (Å²) in [4.78, 5) is 7.46. The predicted molar refractivity (Wildman–Crippen MR) is 111 cm³/mol. The minimum absolute atomic E-state index is 0.214. The van der Waals surface area contributed by atoms with Crippen LogP contribution in [0.1, 0.15) is 64.2 Å². The summed E-state index contributed by atoms with van der Waals surface area (Å²) >= 11 is 0. The van der Waals surface area contributed by atoms with Crippen molar-refractivity contribution < 1.29 is 8.42 Å². The number of hydrogen-bond acceptors (Lipinski definition) is 3. The quantitative estimate of drug-likeness (QED) is 0.587. The first-order valence-electron chi connectivity index (χ1n) is 11.3. The van der Waals surface area contributed by atoms with Crippen LogP contribution in [0.5, 0.6) is 0 Å². The number of nitrogens with zero attached hydrogens (tertiary/aromatic N) is 2. The van der Waals surface area contributed by atoms with Crippen molar-refractivity contribution in [1.29, 1.82) is 0 Å². The molecule has 2 heterocycles. The second-order valence-corrected chi connectivity index (χ2v) is 11.8. The van der Waals surface area contributed by atoms with Gasteiger partial charge in [0.05, 0.1) is 11.5 Å². The molecule has 0 radical (unpaired) electrons. The largest absolute Gasteiger partial charge is 0.356 e. The van der Waals surface area contributed by atoms with Gasteiger partial charge in [0.25, 0.3) is 0 Å². The molecule has 2 aliphatic heterocycles. The summed E-state index contributed by atoms with van der Waals surface area (Å²) in [6.45, 7) is 3.99. The van der Waals surface area contributed by atoms with Gasteiger partial charge < -0.3 is 10.2 Å². The molecule has 3 atom stereocenters. The first-order chi connectivity index (χ1) is 13.1. The molecule has 154 valence electrons. The van der Waals surface area contributed by atoms with Gasteiger partial charge in [0.15, 0.2) is 15.8 Å². The Balaban J connectivity index is 1.39. The van der Waals surface area contributed by atoms with Crippen LogP contribution in [0.3, 0.4) is 0 Å². The molecule has 5 nitrogen and oxygen atoms in total. The zero-order valence-corrected chi connectivity index (χ0v) is 17.6. The van der Waals surface area contributed by atoms with Crippen LogP contribution in [0.2, 0.25) is 0 Å². The van der Waals surface area contributed by atoms with Crippen LogP contribution >= 0.6 is 0 Å². The molecule has 0 aromatic heterocycles. The van der Waals surface area contributed by atoms with Crippen molar-refractivity contribution in [3.8, 4) is 0 Å². The van der Waals surface area contributed by atoms with Gasteiger partial charge in [0.1, 0.15) is 0 Å². The van der Waals surface area contributed by atoms with Crippen LogP contribution < -0.4 is 5.32 Å². The number of sulfone groups is 1. The Hall–Kier alpha value is -0.780. The molecule has 3 unspecified atom stereocenters. The summed E-state index contributed by atoms with van der Waals surface area (Å²) < 4.78 is 23.5. The lowest BCUT2D eigenvalue weighted by Crippen LogP contribution is -2.43. The fraction of sp³-hybridized carbons (Fsp3) is 0.952. The molecule has 1 N–H and O–H groups in total. The Labute approximate surface area is 165 Å². The molecule has 0 amide bonds. The highest BCUT2D eigenvalue weighted by Gasteiger charge is 2.36. The SMILES string of the molecule is O=S1(=O)CCC(CN=C(NCC2CCCCC2)N2CC3CCCCC3C2)C1. The summed E-state index contributed by atoms with van der Waals surface area (Å²) in [5.41, 5.74) is 0. The fourth-order valence-electron chi connectivity index (χ4n) is 5.70. The number of likely N-dealkylation sites (tertiary alicyclic amines) is 1. The summed E-state index contributed by atoms with van der Waals surface area (Å²) in [6, 6.07) is 0. The van der Waals surface area contributed by atoms with E-state index >= 15 is 0 Å². The zero-order chi connectivity index (χ0) is 18.7. The topological polar surface area (TPSA) is 61.8 Å². The molecule has 0 aromatic rings. The molecule has 0 spiro atoms. The van der Waals surface area contributed by atoms with Gasteiger partial charge in [-0.15, -0.1) is 0 Å². The average molecular weight is 396 g/mol. The molecule has 27 heavy (non-hydrogen) atoms. The molecule has 2 saturated carbocycles. The van der Waals surface area contributed by atoms with Crippen molar-refractivity contribution in [3.63, 3.8) is 0 Å². The normalized spacial score (nSPS) is 34.6. The first kappa shape index (κ1) is 19.5. The number of fused-ring (bicyclic) bond motifs is 1. The molecular weight excluding hydrogens is 358 g/mol. The van der Waals surface area contributed by atoms with Gasteiger partial charge in [-0.1, -0.05) is 32.1 Å². The predicted octanol–water partition coefficient (Wildman–Crippen LogP) is 3.07. The third-order valence-corrected chi connectivity index (χ3v) is 9.21. The molecule has 6 heteroatoms. The van der Waals surface area contributed by atoms with E-state index in [4.69, 9.17) is 4.99 Å².